The molecule has 2 heterocycles. The van der Waals surface area contributed by atoms with Crippen LogP contribution in [0.3, 0.4) is 0 Å². The molecule has 2 atom stereocenters. The molecule has 1 fully saturated rings. The smallest absolute Gasteiger partial charge is 0.414 e. The first-order valence-electron chi connectivity index (χ1n) is 11.9. The molecule has 11 heteroatoms. The molecule has 2 N–H and O–H groups in total. The Morgan fingerprint density at radius 3 is 2.50 bits per heavy atom. The second-order valence-corrected chi connectivity index (χ2v) is 8.41. The number of amides is 2. The summed E-state index contributed by atoms with van der Waals surface area (Å²) in [6.45, 7) is 4.12. The Balaban J connectivity index is 0.000000230. The number of hydrogen-bond donors (Lipinski definition) is 2. The highest BCUT2D eigenvalue weighted by Crippen LogP contribution is 2.21. The van der Waals surface area contributed by atoms with E-state index in [0.29, 0.717) is 43.0 Å². The highest BCUT2D eigenvalue weighted by Gasteiger charge is 2.32. The molecule has 2 amide bonds. The van der Waals surface area contributed by atoms with Crippen LogP contribution in [-0.4, -0.2) is 44.6 Å². The van der Waals surface area contributed by atoms with Gasteiger partial charge in [-0.2, -0.15) is 0 Å². The van der Waals surface area contributed by atoms with E-state index in [4.69, 9.17) is 23.4 Å². The molecular formula is C27H30N2O9. The van der Waals surface area contributed by atoms with Crippen LogP contribution in [0, 0.1) is 6.92 Å². The molecule has 1 saturated heterocycles. The van der Waals surface area contributed by atoms with Gasteiger partial charge in [0.25, 0.3) is 0 Å². The van der Waals surface area contributed by atoms with Crippen molar-refractivity contribution in [2.24, 2.45) is 0 Å². The lowest BCUT2D eigenvalue weighted by Gasteiger charge is -2.30. The van der Waals surface area contributed by atoms with Gasteiger partial charge in [0.15, 0.2) is 6.10 Å². The fourth-order valence-electron chi connectivity index (χ4n) is 3.75. The number of nitrogens with one attached hydrogen (secondary N) is 2. The highest BCUT2D eigenvalue weighted by atomic mass is 16.7. The van der Waals surface area contributed by atoms with Crippen LogP contribution in [0.15, 0.2) is 57.7 Å². The maximum Gasteiger partial charge on any atom is 0.414 e. The maximum absolute atomic E-state index is 11.9. The van der Waals surface area contributed by atoms with Crippen molar-refractivity contribution in [3.63, 3.8) is 0 Å². The number of fused-ring (bicyclic) bond motifs is 1. The van der Waals surface area contributed by atoms with Gasteiger partial charge in [0.2, 0.25) is 12.7 Å². The summed E-state index contributed by atoms with van der Waals surface area (Å²) < 4.78 is 25.7. The van der Waals surface area contributed by atoms with Gasteiger partial charge < -0.3 is 28.7 Å². The van der Waals surface area contributed by atoms with Crippen molar-refractivity contribution in [3.05, 3.63) is 70.1 Å². The molecule has 38 heavy (non-hydrogen) atoms. The minimum atomic E-state index is -0.889. The number of methoxy groups -OCH3 is 1. The lowest BCUT2D eigenvalue weighted by Crippen LogP contribution is -2.41. The minimum Gasteiger partial charge on any atom is -0.456 e. The van der Waals surface area contributed by atoms with Crippen molar-refractivity contribution in [2.75, 3.05) is 24.4 Å². The van der Waals surface area contributed by atoms with E-state index < -0.39 is 24.5 Å². The molecule has 4 rings (SSSR count). The number of hydrogen-bond acceptors (Lipinski definition) is 9. The quantitative estimate of drug-likeness (QED) is 0.264. The van der Waals surface area contributed by atoms with Crippen LogP contribution in [0.2, 0.25) is 0 Å². The van der Waals surface area contributed by atoms with Crippen molar-refractivity contribution >= 4 is 40.8 Å². The summed E-state index contributed by atoms with van der Waals surface area (Å²) >= 11 is 0. The average Bonchev–Trinajstić information content (AvgIpc) is 2.86. The Labute approximate surface area is 219 Å². The van der Waals surface area contributed by atoms with Gasteiger partial charge in [-0.15, -0.1) is 0 Å². The van der Waals surface area contributed by atoms with E-state index in [1.807, 2.05) is 19.1 Å². The van der Waals surface area contributed by atoms with Gasteiger partial charge in [0.05, 0.1) is 13.2 Å². The van der Waals surface area contributed by atoms with Crippen LogP contribution in [-0.2, 0) is 35.1 Å². The number of benzene rings is 2. The Bertz CT molecular complexity index is 1300. The first kappa shape index (κ1) is 28.4. The Morgan fingerprint density at radius 2 is 1.82 bits per heavy atom. The third-order valence-corrected chi connectivity index (χ3v) is 5.45. The first-order chi connectivity index (χ1) is 18.3. The number of ether oxygens (including phenoxy) is 4. The number of anilines is 2. The summed E-state index contributed by atoms with van der Waals surface area (Å²) in [7, 11) is 1.62. The summed E-state index contributed by atoms with van der Waals surface area (Å²) in [5, 5.41) is 5.97. The molecule has 3 aromatic rings. The second kappa shape index (κ2) is 13.9. The predicted molar refractivity (Wildman–Crippen MR) is 139 cm³/mol. The SMILES string of the molecule is COCc1ccc(NC(=O)OC2OCCCC2OC(C)=O)cc1.Cc1cc(=O)oc2cc(NC=O)ccc12. The third kappa shape index (κ3) is 8.43. The summed E-state index contributed by atoms with van der Waals surface area (Å²) in [6.07, 6.45) is -0.191. The summed E-state index contributed by atoms with van der Waals surface area (Å²) in [5.74, 6) is -0.428. The van der Waals surface area contributed by atoms with E-state index in [1.165, 1.54) is 13.0 Å². The van der Waals surface area contributed by atoms with Crippen LogP contribution in [0.25, 0.3) is 11.0 Å². The number of carbonyl (C=O) groups excluding carboxylic acids is 3. The van der Waals surface area contributed by atoms with E-state index in [0.717, 1.165) is 22.9 Å². The number of esters is 1. The van der Waals surface area contributed by atoms with Crippen LogP contribution in [0.4, 0.5) is 16.2 Å². The standard InChI is InChI=1S/C16H21NO6.C11H9NO3/c1-11(18)22-14-4-3-9-21-15(14)23-16(19)17-13-7-5-12(6-8-13)10-20-2;1-7-4-11(14)15-10-5-8(12-6-13)2-3-9(7)10/h5-8,14-15H,3-4,9-10H2,1-2H3,(H,17,19);2-6H,1H3,(H,12,13). The molecule has 0 spiro atoms. The second-order valence-electron chi connectivity index (χ2n) is 8.41. The van der Waals surface area contributed by atoms with Gasteiger partial charge in [-0.3, -0.25) is 14.9 Å². The molecule has 0 saturated carbocycles. The van der Waals surface area contributed by atoms with Gasteiger partial charge in [0, 0.05) is 42.9 Å². The van der Waals surface area contributed by atoms with Crippen molar-refractivity contribution in [1.29, 1.82) is 0 Å². The molecular weight excluding hydrogens is 496 g/mol. The average molecular weight is 527 g/mol. The molecule has 2 unspecified atom stereocenters. The van der Waals surface area contributed by atoms with Crippen LogP contribution >= 0.6 is 0 Å². The predicted octanol–water partition coefficient (Wildman–Crippen LogP) is 4.12. The molecule has 0 aliphatic carbocycles. The Morgan fingerprint density at radius 1 is 1.08 bits per heavy atom. The van der Waals surface area contributed by atoms with Crippen molar-refractivity contribution in [2.45, 2.75) is 45.7 Å². The van der Waals surface area contributed by atoms with E-state index in [2.05, 4.69) is 10.6 Å². The van der Waals surface area contributed by atoms with Crippen molar-refractivity contribution in [3.8, 4) is 0 Å². The molecule has 0 radical (unpaired) electrons. The molecule has 0 bridgehead atoms. The summed E-state index contributed by atoms with van der Waals surface area (Å²) in [5.41, 5.74) is 3.15. The van der Waals surface area contributed by atoms with Gasteiger partial charge in [0.1, 0.15) is 5.58 Å². The molecule has 1 aromatic heterocycles. The van der Waals surface area contributed by atoms with Crippen molar-refractivity contribution < 1.29 is 37.7 Å². The minimum absolute atomic E-state index is 0.386. The molecule has 1 aliphatic rings. The van der Waals surface area contributed by atoms with Gasteiger partial charge in [-0.1, -0.05) is 12.1 Å². The van der Waals surface area contributed by atoms with Gasteiger partial charge in [-0.05, 0) is 55.2 Å². The Kier molecular flexibility index (Phi) is 10.4. The van der Waals surface area contributed by atoms with E-state index >= 15 is 0 Å². The molecule has 202 valence electrons. The zero-order chi connectivity index (χ0) is 27.5. The maximum atomic E-state index is 11.9. The lowest BCUT2D eigenvalue weighted by molar-refractivity contribution is -0.203. The fraction of sp³-hybridized carbons (Fsp3) is 0.333. The zero-order valence-corrected chi connectivity index (χ0v) is 21.4. The third-order valence-electron chi connectivity index (χ3n) is 5.45. The van der Waals surface area contributed by atoms with Gasteiger partial charge >= 0.3 is 17.7 Å². The number of rotatable bonds is 7. The first-order valence-corrected chi connectivity index (χ1v) is 11.9. The van der Waals surface area contributed by atoms with E-state index in [-0.39, 0.29) is 5.63 Å². The number of carbonyl (C=O) groups is 3. The summed E-state index contributed by atoms with van der Waals surface area (Å²) in [6, 6.07) is 13.8. The van der Waals surface area contributed by atoms with Crippen LogP contribution in [0.1, 0.15) is 30.9 Å². The monoisotopic (exact) mass is 526 g/mol. The largest absolute Gasteiger partial charge is 0.456 e. The molecule has 2 aromatic carbocycles. The zero-order valence-electron chi connectivity index (χ0n) is 21.4. The molecule has 1 aliphatic heterocycles. The van der Waals surface area contributed by atoms with Crippen LogP contribution in [0.5, 0.6) is 0 Å². The van der Waals surface area contributed by atoms with Crippen LogP contribution < -0.4 is 16.3 Å². The van der Waals surface area contributed by atoms with E-state index in [1.54, 1.807) is 37.4 Å². The van der Waals surface area contributed by atoms with E-state index in [9.17, 15) is 19.2 Å². The number of aryl methyl sites for hydroxylation is 1. The highest BCUT2D eigenvalue weighted by molar-refractivity contribution is 5.86. The molecule has 11 nitrogen and oxygen atoms in total. The summed E-state index contributed by atoms with van der Waals surface area (Å²) in [4.78, 5) is 44.4. The Hall–Kier alpha value is -4.22. The van der Waals surface area contributed by atoms with Gasteiger partial charge in [-0.25, -0.2) is 9.59 Å². The normalized spacial score (nSPS) is 16.5. The van der Waals surface area contributed by atoms with Crippen molar-refractivity contribution in [1.82, 2.24) is 0 Å². The topological polar surface area (TPSA) is 142 Å². The fourth-order valence-corrected chi connectivity index (χ4v) is 3.75. The lowest BCUT2D eigenvalue weighted by atomic mass is 10.1.